The molecular weight excluding hydrogens is 452 g/mol. The minimum atomic E-state index is -0.190. The number of benzene rings is 1. The number of carbonyl (C=O) groups excluding carboxylic acids is 1. The van der Waals surface area contributed by atoms with Crippen LogP contribution in [-0.4, -0.2) is 59.6 Å². The van der Waals surface area contributed by atoms with Crippen LogP contribution in [0.5, 0.6) is 11.5 Å². The molecule has 192 valence electrons. The third-order valence-electron chi connectivity index (χ3n) is 9.42. The standard InChI is InChI=1S/C30H38N2O4/c1-4-14-30-22-8-9-23(32(3)27(34)12-7-20-13-15-35-18-20)29(30)36-26-11-10-25(33)21(28(26)30)16-24(22)31(2)17-19-5-6-19/h7,10-13,15,18-19,22-24,29,33H,4-6,8-9,14,16-17H2,1-3H3/b12-7+/t22?,23-,24?,29?,30+/m1/s1. The fourth-order valence-corrected chi connectivity index (χ4v) is 7.67. The Morgan fingerprint density at radius 3 is 2.72 bits per heavy atom. The van der Waals surface area contributed by atoms with E-state index in [2.05, 4.69) is 18.9 Å². The number of phenolic OH excluding ortho intramolecular Hbond substituents is 1. The Balaban J connectivity index is 1.38. The van der Waals surface area contributed by atoms with Crippen LogP contribution in [0.1, 0.15) is 62.1 Å². The lowest BCUT2D eigenvalue weighted by atomic mass is 9.52. The first-order valence-electron chi connectivity index (χ1n) is 13.6. The molecule has 1 aromatic heterocycles. The first-order chi connectivity index (χ1) is 17.4. The quantitative estimate of drug-likeness (QED) is 0.528. The molecule has 1 aliphatic heterocycles. The van der Waals surface area contributed by atoms with Crippen molar-refractivity contribution in [2.45, 2.75) is 75.5 Å². The summed E-state index contributed by atoms with van der Waals surface area (Å²) in [7, 11) is 4.19. The smallest absolute Gasteiger partial charge is 0.246 e. The Morgan fingerprint density at radius 2 is 2.00 bits per heavy atom. The summed E-state index contributed by atoms with van der Waals surface area (Å²) in [6.07, 6.45) is 14.1. The van der Waals surface area contributed by atoms with Gasteiger partial charge in [0.15, 0.2) is 0 Å². The zero-order chi connectivity index (χ0) is 25.0. The molecule has 2 saturated carbocycles. The maximum Gasteiger partial charge on any atom is 0.246 e. The number of hydrogen-bond donors (Lipinski definition) is 1. The molecule has 0 bridgehead atoms. The number of furan rings is 1. The Morgan fingerprint density at radius 1 is 1.17 bits per heavy atom. The zero-order valence-corrected chi connectivity index (χ0v) is 21.7. The molecule has 4 aliphatic rings. The number of hydrogen-bond acceptors (Lipinski definition) is 5. The highest BCUT2D eigenvalue weighted by atomic mass is 16.5. The molecule has 3 unspecified atom stereocenters. The van der Waals surface area contributed by atoms with E-state index in [0.717, 1.165) is 61.4 Å². The van der Waals surface area contributed by atoms with E-state index in [1.807, 2.05) is 24.1 Å². The average Bonchev–Trinajstić information content (AvgIpc) is 3.40. The third kappa shape index (κ3) is 3.68. The fourth-order valence-electron chi connectivity index (χ4n) is 7.67. The summed E-state index contributed by atoms with van der Waals surface area (Å²) in [6, 6.07) is 5.95. The summed E-state index contributed by atoms with van der Waals surface area (Å²) in [6.45, 7) is 3.38. The zero-order valence-electron chi connectivity index (χ0n) is 21.7. The fraction of sp³-hybridized carbons (Fsp3) is 0.567. The lowest BCUT2D eigenvalue weighted by molar-refractivity contribution is -0.132. The average molecular weight is 491 g/mol. The van der Waals surface area contributed by atoms with Crippen LogP contribution in [0.15, 0.2) is 41.2 Å². The molecule has 2 aromatic rings. The molecule has 0 radical (unpaired) electrons. The van der Waals surface area contributed by atoms with Crippen molar-refractivity contribution in [3.8, 4) is 11.5 Å². The molecule has 0 saturated heterocycles. The van der Waals surface area contributed by atoms with Gasteiger partial charge >= 0.3 is 0 Å². The molecular formula is C30H38N2O4. The normalized spacial score (nSPS) is 30.4. The van der Waals surface area contributed by atoms with Crippen molar-refractivity contribution < 1.29 is 19.1 Å². The Hall–Kier alpha value is -2.73. The van der Waals surface area contributed by atoms with Crippen molar-refractivity contribution in [2.24, 2.45) is 11.8 Å². The largest absolute Gasteiger partial charge is 0.508 e. The van der Waals surface area contributed by atoms with Gasteiger partial charge < -0.3 is 24.1 Å². The van der Waals surface area contributed by atoms with Crippen LogP contribution in [0.4, 0.5) is 0 Å². The predicted octanol–water partition coefficient (Wildman–Crippen LogP) is 5.00. The molecule has 0 spiro atoms. The Kier molecular flexibility index (Phi) is 5.90. The highest BCUT2D eigenvalue weighted by molar-refractivity contribution is 5.91. The van der Waals surface area contributed by atoms with Gasteiger partial charge in [0.2, 0.25) is 5.91 Å². The monoisotopic (exact) mass is 490 g/mol. The second-order valence-corrected chi connectivity index (χ2v) is 11.5. The van der Waals surface area contributed by atoms with Crippen molar-refractivity contribution in [2.75, 3.05) is 20.6 Å². The van der Waals surface area contributed by atoms with Gasteiger partial charge in [-0.05, 0) is 81.7 Å². The predicted molar refractivity (Wildman–Crippen MR) is 139 cm³/mol. The van der Waals surface area contributed by atoms with Crippen LogP contribution >= 0.6 is 0 Å². The van der Waals surface area contributed by atoms with E-state index < -0.39 is 0 Å². The number of amides is 1. The molecule has 6 heteroatoms. The van der Waals surface area contributed by atoms with Crippen LogP contribution in [0.2, 0.25) is 0 Å². The van der Waals surface area contributed by atoms with E-state index in [4.69, 9.17) is 9.15 Å². The van der Waals surface area contributed by atoms with E-state index >= 15 is 0 Å². The molecule has 6 nitrogen and oxygen atoms in total. The molecule has 2 fully saturated rings. The van der Waals surface area contributed by atoms with Gasteiger partial charge in [0.25, 0.3) is 0 Å². The van der Waals surface area contributed by atoms with Gasteiger partial charge in [-0.1, -0.05) is 13.3 Å². The molecule has 1 N–H and O–H groups in total. The summed E-state index contributed by atoms with van der Waals surface area (Å²) < 4.78 is 11.9. The number of nitrogens with zero attached hydrogens (tertiary/aromatic N) is 2. The van der Waals surface area contributed by atoms with Crippen molar-refractivity contribution in [3.63, 3.8) is 0 Å². The van der Waals surface area contributed by atoms with Crippen LogP contribution in [-0.2, 0) is 16.6 Å². The molecule has 3 aliphatic carbocycles. The minimum Gasteiger partial charge on any atom is -0.508 e. The van der Waals surface area contributed by atoms with Gasteiger partial charge in [-0.2, -0.15) is 0 Å². The second-order valence-electron chi connectivity index (χ2n) is 11.5. The number of phenols is 1. The summed E-state index contributed by atoms with van der Waals surface area (Å²) in [4.78, 5) is 17.7. The second kappa shape index (κ2) is 8.98. The maximum absolute atomic E-state index is 13.3. The molecule has 6 rings (SSSR count). The van der Waals surface area contributed by atoms with Crippen LogP contribution in [0.3, 0.4) is 0 Å². The summed E-state index contributed by atoms with van der Waals surface area (Å²) in [5, 5.41) is 11.0. The van der Waals surface area contributed by atoms with E-state index in [0.29, 0.717) is 17.7 Å². The van der Waals surface area contributed by atoms with Crippen molar-refractivity contribution in [1.82, 2.24) is 9.80 Å². The minimum absolute atomic E-state index is 0.0212. The van der Waals surface area contributed by atoms with Crippen molar-refractivity contribution >= 4 is 12.0 Å². The van der Waals surface area contributed by atoms with Gasteiger partial charge in [0.05, 0.1) is 18.6 Å². The van der Waals surface area contributed by atoms with Crippen LogP contribution in [0.25, 0.3) is 6.08 Å². The van der Waals surface area contributed by atoms with Crippen molar-refractivity contribution in [3.05, 3.63) is 53.5 Å². The number of ether oxygens (including phenoxy) is 1. The highest BCUT2D eigenvalue weighted by Gasteiger charge is 2.64. The van der Waals surface area contributed by atoms with E-state index in [9.17, 15) is 9.90 Å². The Labute approximate surface area is 213 Å². The van der Waals surface area contributed by atoms with E-state index in [1.165, 1.54) is 18.4 Å². The molecule has 5 atom stereocenters. The van der Waals surface area contributed by atoms with Gasteiger partial charge in [-0.25, -0.2) is 0 Å². The van der Waals surface area contributed by atoms with Gasteiger partial charge in [-0.15, -0.1) is 0 Å². The van der Waals surface area contributed by atoms with Crippen LogP contribution in [0, 0.1) is 11.8 Å². The maximum atomic E-state index is 13.3. The van der Waals surface area contributed by atoms with E-state index in [1.54, 1.807) is 30.7 Å². The number of likely N-dealkylation sites (N-methyl/N-ethyl adjacent to an activating group) is 2. The number of rotatable bonds is 8. The summed E-state index contributed by atoms with van der Waals surface area (Å²) in [5.74, 6) is 2.55. The lowest BCUT2D eigenvalue weighted by Crippen LogP contribution is -2.65. The van der Waals surface area contributed by atoms with Gasteiger partial charge in [0, 0.05) is 47.8 Å². The number of carbonyl (C=O) groups is 1. The number of aromatic hydroxyl groups is 1. The third-order valence-corrected chi connectivity index (χ3v) is 9.42. The SMILES string of the molecule is CCC[C@@]12c3c4ccc(O)c3CC(N(C)CC3CC3)C1CC[C@@H](N(C)C(=O)/C=C/c1ccoc1)C2O4. The lowest BCUT2D eigenvalue weighted by Gasteiger charge is -2.56. The van der Waals surface area contributed by atoms with E-state index in [-0.39, 0.29) is 23.5 Å². The molecule has 1 aromatic carbocycles. The van der Waals surface area contributed by atoms with Gasteiger partial charge in [0.1, 0.15) is 17.6 Å². The Bertz CT molecular complexity index is 1150. The van der Waals surface area contributed by atoms with Crippen molar-refractivity contribution in [1.29, 1.82) is 0 Å². The first-order valence-corrected chi connectivity index (χ1v) is 13.6. The highest BCUT2D eigenvalue weighted by Crippen LogP contribution is 2.62. The molecule has 36 heavy (non-hydrogen) atoms. The molecule has 2 heterocycles. The topological polar surface area (TPSA) is 66.2 Å². The van der Waals surface area contributed by atoms with Crippen LogP contribution < -0.4 is 4.74 Å². The first kappa shape index (κ1) is 23.7. The summed E-state index contributed by atoms with van der Waals surface area (Å²) >= 11 is 0. The molecule has 1 amide bonds. The summed E-state index contributed by atoms with van der Waals surface area (Å²) in [5.41, 5.74) is 2.99. The van der Waals surface area contributed by atoms with Gasteiger partial charge in [-0.3, -0.25) is 4.79 Å².